The third-order valence-electron chi connectivity index (χ3n) is 1.34. The second kappa shape index (κ2) is 6.46. The van der Waals surface area contributed by atoms with Crippen LogP contribution in [0.2, 0.25) is 0 Å². The van der Waals surface area contributed by atoms with Gasteiger partial charge in [-0.3, -0.25) is 0 Å². The first-order valence-corrected chi connectivity index (χ1v) is 3.53. The van der Waals surface area contributed by atoms with Crippen LogP contribution in [0.25, 0.3) is 0 Å². The molecular weight excluding hydrogens is 130 g/mol. The van der Waals surface area contributed by atoms with Gasteiger partial charge in [-0.15, -0.1) is 0 Å². The average molecular weight is 143 g/mol. The summed E-state index contributed by atoms with van der Waals surface area (Å²) in [5.41, 5.74) is 0. The minimum Gasteiger partial charge on any atom is -0.393 e. The molecule has 3 heteroatoms. The highest BCUT2D eigenvalue weighted by Gasteiger charge is 1.97. The molecule has 1 N–H and O–H groups in total. The fourth-order valence-corrected chi connectivity index (χ4v) is 0.656. The SMILES string of the molecule is CCC(O)CCCN=C=O. The van der Waals surface area contributed by atoms with Gasteiger partial charge in [-0.2, -0.15) is 0 Å². The summed E-state index contributed by atoms with van der Waals surface area (Å²) in [6.07, 6.45) is 3.48. The van der Waals surface area contributed by atoms with E-state index in [2.05, 4.69) is 4.99 Å². The van der Waals surface area contributed by atoms with Crippen molar-refractivity contribution in [2.45, 2.75) is 32.3 Å². The van der Waals surface area contributed by atoms with Gasteiger partial charge in [-0.1, -0.05) is 6.92 Å². The Morgan fingerprint density at radius 2 is 2.40 bits per heavy atom. The van der Waals surface area contributed by atoms with Crippen LogP contribution in [0.5, 0.6) is 0 Å². The fraction of sp³-hybridized carbons (Fsp3) is 0.857. The molecule has 1 unspecified atom stereocenters. The summed E-state index contributed by atoms with van der Waals surface area (Å²) in [6, 6.07) is 0. The molecule has 10 heavy (non-hydrogen) atoms. The summed E-state index contributed by atoms with van der Waals surface area (Å²) in [5, 5.41) is 9.02. The highest BCUT2D eigenvalue weighted by Crippen LogP contribution is 1.99. The Morgan fingerprint density at radius 3 is 2.90 bits per heavy atom. The predicted octanol–water partition coefficient (Wildman–Crippen LogP) is 0.873. The Morgan fingerprint density at radius 1 is 1.70 bits per heavy atom. The van der Waals surface area contributed by atoms with E-state index in [1.807, 2.05) is 6.92 Å². The van der Waals surface area contributed by atoms with Gasteiger partial charge in [0.25, 0.3) is 0 Å². The van der Waals surface area contributed by atoms with Crippen molar-refractivity contribution in [3.05, 3.63) is 0 Å². The Balaban J connectivity index is 3.10. The molecule has 0 amide bonds. The first-order valence-electron chi connectivity index (χ1n) is 3.53. The topological polar surface area (TPSA) is 49.7 Å². The lowest BCUT2D eigenvalue weighted by atomic mass is 10.1. The molecule has 0 aliphatic carbocycles. The third-order valence-corrected chi connectivity index (χ3v) is 1.34. The highest BCUT2D eigenvalue weighted by atomic mass is 16.3. The normalized spacial score (nSPS) is 12.2. The number of isocyanates is 1. The molecule has 0 aliphatic heterocycles. The molecule has 0 spiro atoms. The van der Waals surface area contributed by atoms with Gasteiger partial charge in [0.15, 0.2) is 0 Å². The van der Waals surface area contributed by atoms with Crippen molar-refractivity contribution >= 4 is 6.08 Å². The molecule has 0 aromatic rings. The van der Waals surface area contributed by atoms with Crippen LogP contribution in [0.1, 0.15) is 26.2 Å². The van der Waals surface area contributed by atoms with Crippen molar-refractivity contribution in [1.82, 2.24) is 0 Å². The molecule has 0 radical (unpaired) electrons. The van der Waals surface area contributed by atoms with E-state index in [4.69, 9.17) is 5.11 Å². The molecule has 0 fully saturated rings. The van der Waals surface area contributed by atoms with E-state index >= 15 is 0 Å². The zero-order valence-electron chi connectivity index (χ0n) is 6.21. The van der Waals surface area contributed by atoms with Crippen LogP contribution in [0, 0.1) is 0 Å². The standard InChI is InChI=1S/C7H13NO2/c1-2-7(10)4-3-5-8-6-9/h7,10H,2-5H2,1H3. The van der Waals surface area contributed by atoms with Gasteiger partial charge in [-0.05, 0) is 19.3 Å². The largest absolute Gasteiger partial charge is 0.393 e. The second-order valence-electron chi connectivity index (χ2n) is 2.18. The van der Waals surface area contributed by atoms with Crippen molar-refractivity contribution in [3.63, 3.8) is 0 Å². The highest BCUT2D eigenvalue weighted by molar-refractivity contribution is 5.32. The molecule has 0 aromatic heterocycles. The molecular formula is C7H13NO2. The zero-order valence-corrected chi connectivity index (χ0v) is 6.21. The summed E-state index contributed by atoms with van der Waals surface area (Å²) < 4.78 is 0. The minimum absolute atomic E-state index is 0.234. The lowest BCUT2D eigenvalue weighted by Gasteiger charge is -2.03. The van der Waals surface area contributed by atoms with Crippen LogP contribution in [0.4, 0.5) is 0 Å². The van der Waals surface area contributed by atoms with Crippen molar-refractivity contribution in [3.8, 4) is 0 Å². The van der Waals surface area contributed by atoms with Crippen LogP contribution in [0.3, 0.4) is 0 Å². The fourth-order valence-electron chi connectivity index (χ4n) is 0.656. The van der Waals surface area contributed by atoms with Crippen LogP contribution in [-0.4, -0.2) is 23.8 Å². The van der Waals surface area contributed by atoms with Crippen molar-refractivity contribution in [2.24, 2.45) is 4.99 Å². The number of hydrogen-bond donors (Lipinski definition) is 1. The number of carbonyl (C=O) groups excluding carboxylic acids is 1. The van der Waals surface area contributed by atoms with Crippen molar-refractivity contribution in [1.29, 1.82) is 0 Å². The molecule has 58 valence electrons. The zero-order chi connectivity index (χ0) is 7.82. The molecule has 3 nitrogen and oxygen atoms in total. The predicted molar refractivity (Wildman–Crippen MR) is 38.5 cm³/mol. The van der Waals surface area contributed by atoms with E-state index in [9.17, 15) is 4.79 Å². The molecule has 0 rings (SSSR count). The van der Waals surface area contributed by atoms with Crippen LogP contribution in [-0.2, 0) is 4.79 Å². The molecule has 0 saturated heterocycles. The lowest BCUT2D eigenvalue weighted by molar-refractivity contribution is 0.158. The van der Waals surface area contributed by atoms with E-state index in [0.29, 0.717) is 6.54 Å². The van der Waals surface area contributed by atoms with E-state index in [-0.39, 0.29) is 6.10 Å². The Kier molecular flexibility index (Phi) is 6.03. The number of nitrogens with zero attached hydrogens (tertiary/aromatic N) is 1. The minimum atomic E-state index is -0.234. The van der Waals surface area contributed by atoms with Crippen LogP contribution >= 0.6 is 0 Å². The third kappa shape index (κ3) is 5.48. The lowest BCUT2D eigenvalue weighted by Crippen LogP contribution is -2.04. The molecule has 1 atom stereocenters. The maximum Gasteiger partial charge on any atom is 0.234 e. The van der Waals surface area contributed by atoms with Crippen molar-refractivity contribution in [2.75, 3.05) is 6.54 Å². The van der Waals surface area contributed by atoms with Gasteiger partial charge in [-0.25, -0.2) is 9.79 Å². The summed E-state index contributed by atoms with van der Waals surface area (Å²) in [6.45, 7) is 2.41. The van der Waals surface area contributed by atoms with Gasteiger partial charge in [0.1, 0.15) is 0 Å². The number of hydrogen-bond acceptors (Lipinski definition) is 3. The molecule has 0 heterocycles. The Hall–Kier alpha value is -0.660. The molecule has 0 aliphatic rings. The number of aliphatic imine (C=N–C) groups is 1. The van der Waals surface area contributed by atoms with E-state index in [1.54, 1.807) is 0 Å². The summed E-state index contributed by atoms with van der Waals surface area (Å²) >= 11 is 0. The van der Waals surface area contributed by atoms with E-state index in [1.165, 1.54) is 6.08 Å². The smallest absolute Gasteiger partial charge is 0.234 e. The van der Waals surface area contributed by atoms with Gasteiger partial charge in [0, 0.05) is 0 Å². The second-order valence-corrected chi connectivity index (χ2v) is 2.18. The Labute approximate surface area is 60.8 Å². The van der Waals surface area contributed by atoms with Crippen molar-refractivity contribution < 1.29 is 9.90 Å². The van der Waals surface area contributed by atoms with Crippen LogP contribution < -0.4 is 0 Å². The summed E-state index contributed by atoms with van der Waals surface area (Å²) in [5.74, 6) is 0. The average Bonchev–Trinajstić information content (AvgIpc) is 1.98. The molecule has 0 aromatic carbocycles. The number of aliphatic hydroxyl groups is 1. The quantitative estimate of drug-likeness (QED) is 0.352. The van der Waals surface area contributed by atoms with Gasteiger partial charge >= 0.3 is 0 Å². The number of aliphatic hydroxyl groups excluding tert-OH is 1. The molecule has 0 bridgehead atoms. The monoisotopic (exact) mass is 143 g/mol. The van der Waals surface area contributed by atoms with Gasteiger partial charge in [0.2, 0.25) is 6.08 Å². The maximum atomic E-state index is 9.56. The summed E-state index contributed by atoms with van der Waals surface area (Å²) in [4.78, 5) is 12.9. The van der Waals surface area contributed by atoms with E-state index in [0.717, 1.165) is 19.3 Å². The van der Waals surface area contributed by atoms with Gasteiger partial charge < -0.3 is 5.11 Å². The summed E-state index contributed by atoms with van der Waals surface area (Å²) in [7, 11) is 0. The van der Waals surface area contributed by atoms with E-state index < -0.39 is 0 Å². The number of rotatable bonds is 5. The first-order chi connectivity index (χ1) is 4.81. The molecule has 0 saturated carbocycles. The maximum absolute atomic E-state index is 9.56. The van der Waals surface area contributed by atoms with Gasteiger partial charge in [0.05, 0.1) is 12.6 Å². The van der Waals surface area contributed by atoms with Crippen LogP contribution in [0.15, 0.2) is 4.99 Å². The first kappa shape index (κ1) is 9.34. The Bertz CT molecular complexity index is 119.